The van der Waals surface area contributed by atoms with E-state index in [1.54, 1.807) is 0 Å². The van der Waals surface area contributed by atoms with Gasteiger partial charge < -0.3 is 5.32 Å². The molecule has 0 spiro atoms. The lowest BCUT2D eigenvalue weighted by Crippen LogP contribution is -2.00. The molecule has 6 heteroatoms. The maximum Gasteiger partial charge on any atom is 0.213 e. The predicted octanol–water partition coefficient (Wildman–Crippen LogP) is 3.81. The van der Waals surface area contributed by atoms with Crippen LogP contribution in [0, 0.1) is 29.5 Å². The summed E-state index contributed by atoms with van der Waals surface area (Å²) in [6, 6.07) is 0. The van der Waals surface area contributed by atoms with Crippen molar-refractivity contribution in [1.82, 2.24) is 0 Å². The number of halogens is 4. The molecule has 2 aromatic rings. The van der Waals surface area contributed by atoms with Gasteiger partial charge in [0.15, 0.2) is 17.5 Å². The molecule has 1 nitrogen and oxygen atoms in total. The number of hydrogen-bond acceptors (Lipinski definition) is 2. The summed E-state index contributed by atoms with van der Waals surface area (Å²) in [7, 11) is 1.39. The number of aryl methyl sites for hydroxylation is 1. The molecule has 2 rings (SSSR count). The zero-order chi connectivity index (χ0) is 12.0. The van der Waals surface area contributed by atoms with Crippen molar-refractivity contribution in [3.05, 3.63) is 28.1 Å². The minimum atomic E-state index is -1.22. The highest BCUT2D eigenvalue weighted by molar-refractivity contribution is 7.17. The summed E-state index contributed by atoms with van der Waals surface area (Å²) in [4.78, 5) is 0. The fourth-order valence-electron chi connectivity index (χ4n) is 1.67. The first-order chi connectivity index (χ1) is 7.49. The Morgan fingerprint density at radius 3 is 2.19 bits per heavy atom. The van der Waals surface area contributed by atoms with Crippen LogP contribution in [0.5, 0.6) is 0 Å². The molecule has 1 heterocycles. The van der Waals surface area contributed by atoms with Gasteiger partial charge in [-0.3, -0.25) is 0 Å². The second-order valence-electron chi connectivity index (χ2n) is 3.27. The van der Waals surface area contributed by atoms with E-state index in [1.165, 1.54) is 14.0 Å². The number of benzene rings is 1. The smallest absolute Gasteiger partial charge is 0.213 e. The van der Waals surface area contributed by atoms with Crippen molar-refractivity contribution in [1.29, 1.82) is 0 Å². The van der Waals surface area contributed by atoms with Gasteiger partial charge in [0.25, 0.3) is 0 Å². The zero-order valence-electron chi connectivity index (χ0n) is 8.42. The van der Waals surface area contributed by atoms with Crippen LogP contribution in [0.15, 0.2) is 0 Å². The first-order valence-corrected chi connectivity index (χ1v) is 5.23. The Kier molecular flexibility index (Phi) is 2.53. The van der Waals surface area contributed by atoms with E-state index in [0.717, 1.165) is 0 Å². The molecule has 0 aliphatic carbocycles. The van der Waals surface area contributed by atoms with Crippen molar-refractivity contribution >= 4 is 27.1 Å². The fourth-order valence-corrected chi connectivity index (χ4v) is 2.56. The van der Waals surface area contributed by atoms with Crippen molar-refractivity contribution in [3.8, 4) is 0 Å². The standard InChI is InChI=1S/C10H7F4NS/c1-3-4-5(11)10(14)16-9(4)7(13)6(12)8(3)15-2/h15H,1-2H3. The van der Waals surface area contributed by atoms with E-state index in [9.17, 15) is 17.6 Å². The maximum atomic E-state index is 13.5. The lowest BCUT2D eigenvalue weighted by molar-refractivity contribution is 0.519. The highest BCUT2D eigenvalue weighted by Crippen LogP contribution is 2.38. The van der Waals surface area contributed by atoms with E-state index < -0.39 is 22.6 Å². The number of nitrogens with one attached hydrogen (secondary N) is 1. The second-order valence-corrected chi connectivity index (χ2v) is 4.24. The van der Waals surface area contributed by atoms with Gasteiger partial charge in [0.2, 0.25) is 5.13 Å². The van der Waals surface area contributed by atoms with Crippen molar-refractivity contribution in [2.75, 3.05) is 12.4 Å². The summed E-state index contributed by atoms with van der Waals surface area (Å²) < 4.78 is 53.0. The summed E-state index contributed by atoms with van der Waals surface area (Å²) >= 11 is 0.268. The summed E-state index contributed by atoms with van der Waals surface area (Å²) in [6.45, 7) is 1.41. The van der Waals surface area contributed by atoms with E-state index >= 15 is 0 Å². The maximum absolute atomic E-state index is 13.5. The normalized spacial score (nSPS) is 11.1. The number of rotatable bonds is 1. The molecule has 16 heavy (non-hydrogen) atoms. The first kappa shape index (κ1) is 11.2. The molecule has 1 aromatic heterocycles. The monoisotopic (exact) mass is 249 g/mol. The molecular weight excluding hydrogens is 242 g/mol. The average molecular weight is 249 g/mol. The molecule has 0 aliphatic rings. The summed E-state index contributed by atoms with van der Waals surface area (Å²) in [5.74, 6) is -3.47. The molecule has 0 saturated heterocycles. The third-order valence-electron chi connectivity index (χ3n) is 2.42. The number of thiophene rings is 1. The predicted molar refractivity (Wildman–Crippen MR) is 55.9 cm³/mol. The highest BCUT2D eigenvalue weighted by atomic mass is 32.1. The van der Waals surface area contributed by atoms with Gasteiger partial charge in [0.1, 0.15) is 0 Å². The van der Waals surface area contributed by atoms with Crippen LogP contribution in [0.25, 0.3) is 10.1 Å². The van der Waals surface area contributed by atoms with E-state index in [2.05, 4.69) is 5.32 Å². The third-order valence-corrected chi connectivity index (χ3v) is 3.37. The van der Waals surface area contributed by atoms with Crippen LogP contribution in [0.3, 0.4) is 0 Å². The molecule has 1 N–H and O–H groups in total. The molecule has 0 saturated carbocycles. The fraction of sp³-hybridized carbons (Fsp3) is 0.200. The molecule has 0 aliphatic heterocycles. The van der Waals surface area contributed by atoms with Crippen LogP contribution < -0.4 is 5.32 Å². The quantitative estimate of drug-likeness (QED) is 0.758. The van der Waals surface area contributed by atoms with E-state index in [-0.39, 0.29) is 32.7 Å². The van der Waals surface area contributed by atoms with Gasteiger partial charge in [-0.1, -0.05) is 11.3 Å². The Morgan fingerprint density at radius 1 is 1.00 bits per heavy atom. The molecule has 0 unspecified atom stereocenters. The molecule has 0 fully saturated rings. The van der Waals surface area contributed by atoms with Crippen LogP contribution in [-0.2, 0) is 0 Å². The minimum Gasteiger partial charge on any atom is -0.385 e. The Balaban J connectivity index is 3.02. The zero-order valence-corrected chi connectivity index (χ0v) is 9.24. The van der Waals surface area contributed by atoms with Gasteiger partial charge >= 0.3 is 0 Å². The second kappa shape index (κ2) is 3.62. The highest BCUT2D eigenvalue weighted by Gasteiger charge is 2.23. The van der Waals surface area contributed by atoms with Crippen LogP contribution in [0.4, 0.5) is 23.2 Å². The average Bonchev–Trinajstić information content (AvgIpc) is 2.54. The summed E-state index contributed by atoms with van der Waals surface area (Å²) in [6.07, 6.45) is 0. The van der Waals surface area contributed by atoms with Crippen LogP contribution >= 0.6 is 11.3 Å². The van der Waals surface area contributed by atoms with Gasteiger partial charge in [0, 0.05) is 12.4 Å². The molecule has 1 aromatic carbocycles. The largest absolute Gasteiger partial charge is 0.385 e. The Bertz CT molecular complexity index is 576. The Morgan fingerprint density at radius 2 is 1.62 bits per heavy atom. The van der Waals surface area contributed by atoms with Crippen molar-refractivity contribution in [2.45, 2.75) is 6.92 Å². The Hall–Kier alpha value is -1.30. The van der Waals surface area contributed by atoms with Gasteiger partial charge in [-0.25, -0.2) is 13.2 Å². The van der Waals surface area contributed by atoms with E-state index in [1.807, 2.05) is 0 Å². The lowest BCUT2D eigenvalue weighted by atomic mass is 10.1. The van der Waals surface area contributed by atoms with Crippen molar-refractivity contribution in [3.63, 3.8) is 0 Å². The lowest BCUT2D eigenvalue weighted by Gasteiger charge is -2.08. The van der Waals surface area contributed by atoms with Crippen LogP contribution in [0.2, 0.25) is 0 Å². The molecule has 0 amide bonds. The molecule has 0 bridgehead atoms. The van der Waals surface area contributed by atoms with E-state index in [0.29, 0.717) is 0 Å². The number of fused-ring (bicyclic) bond motifs is 1. The van der Waals surface area contributed by atoms with E-state index in [4.69, 9.17) is 0 Å². The summed E-state index contributed by atoms with van der Waals surface area (Å²) in [5.41, 5.74) is 0.00995. The third kappa shape index (κ3) is 1.29. The van der Waals surface area contributed by atoms with Gasteiger partial charge in [-0.2, -0.15) is 4.39 Å². The molecular formula is C10H7F4NS. The number of anilines is 1. The van der Waals surface area contributed by atoms with Crippen LogP contribution in [-0.4, -0.2) is 7.05 Å². The summed E-state index contributed by atoms with van der Waals surface area (Å²) in [5, 5.41) is 1.10. The van der Waals surface area contributed by atoms with Crippen molar-refractivity contribution in [2.24, 2.45) is 0 Å². The molecule has 0 radical (unpaired) electrons. The molecule has 0 atom stereocenters. The molecule has 86 valence electrons. The topological polar surface area (TPSA) is 12.0 Å². The number of hydrogen-bond donors (Lipinski definition) is 1. The minimum absolute atomic E-state index is 0.151. The Labute approximate surface area is 92.7 Å². The van der Waals surface area contributed by atoms with Crippen LogP contribution in [0.1, 0.15) is 5.56 Å². The van der Waals surface area contributed by atoms with Gasteiger partial charge in [0.05, 0.1) is 10.4 Å². The van der Waals surface area contributed by atoms with Gasteiger partial charge in [-0.05, 0) is 12.5 Å². The van der Waals surface area contributed by atoms with Crippen molar-refractivity contribution < 1.29 is 17.6 Å². The first-order valence-electron chi connectivity index (χ1n) is 4.41. The van der Waals surface area contributed by atoms with Gasteiger partial charge in [-0.15, -0.1) is 0 Å². The SMILES string of the molecule is CNc1c(F)c(F)c2sc(F)c(F)c2c1C.